The SMILES string of the molecule is CCCCCCCCCc1ccc(C(SCCC(=O)O)C(O)CCCC(=O)O)cc1. The van der Waals surface area contributed by atoms with Crippen LogP contribution in [-0.2, 0) is 16.0 Å². The van der Waals surface area contributed by atoms with Crippen LogP contribution in [0.1, 0.15) is 93.9 Å². The van der Waals surface area contributed by atoms with Gasteiger partial charge in [0.1, 0.15) is 0 Å². The van der Waals surface area contributed by atoms with Crippen LogP contribution in [0.25, 0.3) is 0 Å². The van der Waals surface area contributed by atoms with E-state index in [1.165, 1.54) is 62.3 Å². The summed E-state index contributed by atoms with van der Waals surface area (Å²) < 4.78 is 0. The summed E-state index contributed by atoms with van der Waals surface area (Å²) in [5.41, 5.74) is 2.25. The fourth-order valence-corrected chi connectivity index (χ4v) is 4.73. The van der Waals surface area contributed by atoms with Crippen molar-refractivity contribution >= 4 is 23.7 Å². The number of hydrogen-bond acceptors (Lipinski definition) is 4. The Balaban J connectivity index is 2.56. The van der Waals surface area contributed by atoms with Crippen LogP contribution in [0, 0.1) is 0 Å². The van der Waals surface area contributed by atoms with E-state index < -0.39 is 18.0 Å². The van der Waals surface area contributed by atoms with Gasteiger partial charge in [-0.1, -0.05) is 69.7 Å². The predicted octanol–water partition coefficient (Wildman–Crippen LogP) is 5.84. The zero-order valence-electron chi connectivity index (χ0n) is 18.2. The first kappa shape index (κ1) is 26.5. The van der Waals surface area contributed by atoms with E-state index >= 15 is 0 Å². The lowest BCUT2D eigenvalue weighted by atomic mass is 9.99. The first-order valence-corrected chi connectivity index (χ1v) is 12.3. The number of rotatable bonds is 18. The monoisotopic (exact) mass is 438 g/mol. The minimum atomic E-state index is -0.869. The van der Waals surface area contributed by atoms with Gasteiger partial charge < -0.3 is 15.3 Å². The van der Waals surface area contributed by atoms with Crippen molar-refractivity contribution in [2.75, 3.05) is 5.75 Å². The number of benzene rings is 1. The molecule has 170 valence electrons. The molecular formula is C24H38O5S. The van der Waals surface area contributed by atoms with Crippen LogP contribution in [-0.4, -0.2) is 39.1 Å². The van der Waals surface area contributed by atoms with E-state index in [-0.39, 0.29) is 18.1 Å². The summed E-state index contributed by atoms with van der Waals surface area (Å²) in [5, 5.41) is 28.1. The Labute approximate surface area is 185 Å². The van der Waals surface area contributed by atoms with Gasteiger partial charge in [-0.25, -0.2) is 0 Å². The number of carboxylic acids is 2. The normalized spacial score (nSPS) is 13.1. The molecule has 0 aliphatic heterocycles. The largest absolute Gasteiger partial charge is 0.481 e. The van der Waals surface area contributed by atoms with Crippen molar-refractivity contribution in [3.8, 4) is 0 Å². The Hall–Kier alpha value is -1.53. The maximum Gasteiger partial charge on any atom is 0.304 e. The Morgan fingerprint density at radius 2 is 1.47 bits per heavy atom. The van der Waals surface area contributed by atoms with Crippen molar-refractivity contribution in [2.45, 2.75) is 95.3 Å². The number of aliphatic hydroxyl groups is 1. The average Bonchev–Trinajstić information content (AvgIpc) is 2.70. The molecule has 0 amide bonds. The zero-order chi connectivity index (χ0) is 22.2. The van der Waals surface area contributed by atoms with Gasteiger partial charge in [0.15, 0.2) is 0 Å². The van der Waals surface area contributed by atoms with Crippen molar-refractivity contribution in [1.82, 2.24) is 0 Å². The van der Waals surface area contributed by atoms with E-state index in [2.05, 4.69) is 19.1 Å². The maximum absolute atomic E-state index is 10.8. The van der Waals surface area contributed by atoms with Crippen LogP contribution in [0.3, 0.4) is 0 Å². The molecule has 1 rings (SSSR count). The third-order valence-corrected chi connectivity index (χ3v) is 6.62. The van der Waals surface area contributed by atoms with Gasteiger partial charge in [-0.2, -0.15) is 11.8 Å². The number of aliphatic hydroxyl groups excluding tert-OH is 1. The van der Waals surface area contributed by atoms with Crippen LogP contribution < -0.4 is 0 Å². The molecule has 2 atom stereocenters. The second-order valence-electron chi connectivity index (χ2n) is 7.90. The molecule has 0 aromatic heterocycles. The van der Waals surface area contributed by atoms with Gasteiger partial charge in [0, 0.05) is 12.2 Å². The molecule has 2 unspecified atom stereocenters. The van der Waals surface area contributed by atoms with E-state index in [4.69, 9.17) is 10.2 Å². The molecule has 1 aromatic rings. The molecular weight excluding hydrogens is 400 g/mol. The van der Waals surface area contributed by atoms with Crippen molar-refractivity contribution in [3.05, 3.63) is 35.4 Å². The number of carbonyl (C=O) groups is 2. The summed E-state index contributed by atoms with van der Waals surface area (Å²) in [4.78, 5) is 21.6. The highest BCUT2D eigenvalue weighted by atomic mass is 32.2. The van der Waals surface area contributed by atoms with Crippen LogP contribution in [0.5, 0.6) is 0 Å². The molecule has 5 nitrogen and oxygen atoms in total. The molecule has 3 N–H and O–H groups in total. The minimum Gasteiger partial charge on any atom is -0.481 e. The van der Waals surface area contributed by atoms with Crippen LogP contribution in [0.2, 0.25) is 0 Å². The van der Waals surface area contributed by atoms with Crippen LogP contribution in [0.4, 0.5) is 0 Å². The second-order valence-corrected chi connectivity index (χ2v) is 9.15. The van der Waals surface area contributed by atoms with E-state index in [0.717, 1.165) is 12.0 Å². The highest BCUT2D eigenvalue weighted by Crippen LogP contribution is 2.35. The Kier molecular flexibility index (Phi) is 14.3. The highest BCUT2D eigenvalue weighted by molar-refractivity contribution is 7.99. The van der Waals surface area contributed by atoms with Gasteiger partial charge in [0.2, 0.25) is 0 Å². The average molecular weight is 439 g/mol. The quantitative estimate of drug-likeness (QED) is 0.249. The molecule has 0 aliphatic rings. The zero-order valence-corrected chi connectivity index (χ0v) is 19.0. The second kappa shape index (κ2) is 16.2. The summed E-state index contributed by atoms with van der Waals surface area (Å²) in [6, 6.07) is 8.24. The number of aryl methyl sites for hydroxylation is 1. The number of unbranched alkanes of at least 4 members (excludes halogenated alkanes) is 6. The molecule has 30 heavy (non-hydrogen) atoms. The molecule has 0 heterocycles. The summed E-state index contributed by atoms with van der Waals surface area (Å²) >= 11 is 1.43. The van der Waals surface area contributed by atoms with Crippen LogP contribution in [0.15, 0.2) is 24.3 Å². The van der Waals surface area contributed by atoms with Gasteiger partial charge in [0.05, 0.1) is 17.8 Å². The summed E-state index contributed by atoms with van der Waals surface area (Å²) in [6.07, 6.45) is 10.2. The van der Waals surface area contributed by atoms with Gasteiger partial charge in [-0.05, 0) is 36.8 Å². The summed E-state index contributed by atoms with van der Waals surface area (Å²) in [6.45, 7) is 2.23. The fraction of sp³-hybridized carbons (Fsp3) is 0.667. The third kappa shape index (κ3) is 12.2. The van der Waals surface area contributed by atoms with Crippen LogP contribution >= 0.6 is 11.8 Å². The molecule has 0 spiro atoms. The van der Waals surface area contributed by atoms with Crippen molar-refractivity contribution in [1.29, 1.82) is 0 Å². The number of carboxylic acid groups (broad SMARTS) is 2. The fourth-order valence-electron chi connectivity index (χ4n) is 3.48. The van der Waals surface area contributed by atoms with Gasteiger partial charge in [-0.3, -0.25) is 9.59 Å². The third-order valence-electron chi connectivity index (χ3n) is 5.23. The van der Waals surface area contributed by atoms with Gasteiger partial charge in [-0.15, -0.1) is 0 Å². The number of hydrogen-bond donors (Lipinski definition) is 3. The maximum atomic E-state index is 10.8. The molecule has 0 saturated carbocycles. The molecule has 0 bridgehead atoms. The van der Waals surface area contributed by atoms with E-state index in [1.54, 1.807) is 0 Å². The Morgan fingerprint density at radius 1 is 0.867 bits per heavy atom. The standard InChI is InChI=1S/C24H38O5S/c1-2-3-4-5-6-7-8-10-19-13-15-20(16-14-19)24(30-18-17-23(28)29)21(25)11-9-12-22(26)27/h13-16,21,24-25H,2-12,17-18H2,1H3,(H,26,27)(H,28,29). The Bertz CT molecular complexity index is 602. The summed E-state index contributed by atoms with van der Waals surface area (Å²) in [5.74, 6) is -1.31. The summed E-state index contributed by atoms with van der Waals surface area (Å²) in [7, 11) is 0. The molecule has 6 heteroatoms. The topological polar surface area (TPSA) is 94.8 Å². The van der Waals surface area contributed by atoms with Crippen molar-refractivity contribution in [2.24, 2.45) is 0 Å². The smallest absolute Gasteiger partial charge is 0.304 e. The highest BCUT2D eigenvalue weighted by Gasteiger charge is 2.22. The number of aliphatic carboxylic acids is 2. The molecule has 0 fully saturated rings. The predicted molar refractivity (Wildman–Crippen MR) is 123 cm³/mol. The number of thioether (sulfide) groups is 1. The van der Waals surface area contributed by atoms with E-state index in [0.29, 0.717) is 18.6 Å². The molecule has 0 aliphatic carbocycles. The lowest BCUT2D eigenvalue weighted by Gasteiger charge is -2.23. The minimum absolute atomic E-state index is 0.0287. The van der Waals surface area contributed by atoms with E-state index in [1.807, 2.05) is 12.1 Å². The van der Waals surface area contributed by atoms with Gasteiger partial charge in [0.25, 0.3) is 0 Å². The van der Waals surface area contributed by atoms with E-state index in [9.17, 15) is 14.7 Å². The molecule has 0 radical (unpaired) electrons. The van der Waals surface area contributed by atoms with Gasteiger partial charge >= 0.3 is 11.9 Å². The molecule has 1 aromatic carbocycles. The first-order valence-electron chi connectivity index (χ1n) is 11.3. The first-order chi connectivity index (χ1) is 14.4. The lowest BCUT2D eigenvalue weighted by Crippen LogP contribution is -2.17. The Morgan fingerprint density at radius 3 is 2.07 bits per heavy atom. The van der Waals surface area contributed by atoms with Crippen molar-refractivity contribution < 1.29 is 24.9 Å². The molecule has 0 saturated heterocycles. The van der Waals surface area contributed by atoms with Crippen molar-refractivity contribution in [3.63, 3.8) is 0 Å². The lowest BCUT2D eigenvalue weighted by molar-refractivity contribution is -0.138.